The number of carbonyl (C=O) groups is 3. The Morgan fingerprint density at radius 1 is 1.00 bits per heavy atom. The number of aromatic amines is 1. The number of H-pyrrole nitrogens is 1. The lowest BCUT2D eigenvalue weighted by Gasteiger charge is -2.19. The second kappa shape index (κ2) is 7.40. The first-order valence-electron chi connectivity index (χ1n) is 10.3. The maximum atomic E-state index is 12.5. The first-order valence-corrected chi connectivity index (χ1v) is 10.3. The molecule has 1 aliphatic carbocycles. The topological polar surface area (TPSA) is 95.2 Å². The summed E-state index contributed by atoms with van der Waals surface area (Å²) in [7, 11) is 0. The Bertz CT molecular complexity index is 1080. The molecule has 2 aliphatic rings. The van der Waals surface area contributed by atoms with Crippen LogP contribution in [0.4, 0.5) is 5.69 Å². The van der Waals surface area contributed by atoms with Crippen LogP contribution in [0.25, 0.3) is 22.4 Å². The van der Waals surface area contributed by atoms with E-state index in [4.69, 9.17) is 0 Å². The first kappa shape index (κ1) is 18.5. The molecule has 1 aromatic heterocycles. The number of benzene rings is 2. The van der Waals surface area contributed by atoms with Gasteiger partial charge in [-0.05, 0) is 49.2 Å². The van der Waals surface area contributed by atoms with Gasteiger partial charge in [0.2, 0.25) is 17.7 Å². The normalized spacial score (nSPS) is 21.1. The summed E-state index contributed by atoms with van der Waals surface area (Å²) in [6, 6.07) is 15.1. The molecule has 1 saturated heterocycles. The van der Waals surface area contributed by atoms with Crippen LogP contribution in [0.2, 0.25) is 0 Å². The highest BCUT2D eigenvalue weighted by Gasteiger charge is 2.48. The maximum absolute atomic E-state index is 12.5. The van der Waals surface area contributed by atoms with Gasteiger partial charge in [0.05, 0.1) is 22.9 Å². The Balaban J connectivity index is 1.25. The van der Waals surface area contributed by atoms with Crippen LogP contribution in [0, 0.1) is 11.8 Å². The van der Waals surface area contributed by atoms with Crippen molar-refractivity contribution >= 4 is 34.4 Å². The molecule has 2 fully saturated rings. The van der Waals surface area contributed by atoms with Crippen LogP contribution in [0.5, 0.6) is 0 Å². The van der Waals surface area contributed by atoms with Crippen molar-refractivity contribution in [3.8, 4) is 11.4 Å². The fourth-order valence-corrected chi connectivity index (χ4v) is 4.53. The highest BCUT2D eigenvalue weighted by Crippen LogP contribution is 2.37. The number of amides is 3. The molecule has 152 valence electrons. The van der Waals surface area contributed by atoms with Crippen molar-refractivity contribution in [1.82, 2.24) is 14.9 Å². The van der Waals surface area contributed by atoms with E-state index in [9.17, 15) is 14.4 Å². The number of nitrogens with zero attached hydrogens (tertiary/aromatic N) is 2. The summed E-state index contributed by atoms with van der Waals surface area (Å²) < 4.78 is 0. The fraction of sp³-hybridized carbons (Fsp3) is 0.304. The van der Waals surface area contributed by atoms with Gasteiger partial charge >= 0.3 is 0 Å². The van der Waals surface area contributed by atoms with Crippen molar-refractivity contribution in [3.63, 3.8) is 0 Å². The van der Waals surface area contributed by atoms with Crippen LogP contribution in [-0.4, -0.2) is 39.1 Å². The summed E-state index contributed by atoms with van der Waals surface area (Å²) in [6.07, 6.45) is 3.43. The van der Waals surface area contributed by atoms with Gasteiger partial charge in [-0.1, -0.05) is 25.0 Å². The van der Waals surface area contributed by atoms with E-state index in [2.05, 4.69) is 15.3 Å². The molecule has 7 nitrogen and oxygen atoms in total. The van der Waals surface area contributed by atoms with Crippen LogP contribution < -0.4 is 5.32 Å². The molecule has 0 spiro atoms. The molecule has 30 heavy (non-hydrogen) atoms. The summed E-state index contributed by atoms with van der Waals surface area (Å²) in [4.78, 5) is 46.5. The number of hydrogen-bond donors (Lipinski definition) is 2. The third-order valence-electron chi connectivity index (χ3n) is 6.07. The zero-order valence-corrected chi connectivity index (χ0v) is 16.4. The zero-order valence-electron chi connectivity index (χ0n) is 16.4. The van der Waals surface area contributed by atoms with E-state index in [1.54, 1.807) is 12.1 Å². The van der Waals surface area contributed by atoms with Crippen LogP contribution in [0.1, 0.15) is 25.7 Å². The molecule has 2 heterocycles. The molecule has 0 bridgehead atoms. The van der Waals surface area contributed by atoms with E-state index in [1.165, 1.54) is 0 Å². The van der Waals surface area contributed by atoms with Crippen LogP contribution in [-0.2, 0) is 14.4 Å². The fourth-order valence-electron chi connectivity index (χ4n) is 4.53. The quantitative estimate of drug-likeness (QED) is 0.655. The van der Waals surface area contributed by atoms with Crippen molar-refractivity contribution in [2.24, 2.45) is 11.8 Å². The number of fused-ring (bicyclic) bond motifs is 2. The molecule has 2 unspecified atom stereocenters. The van der Waals surface area contributed by atoms with Gasteiger partial charge in [-0.2, -0.15) is 0 Å². The van der Waals surface area contributed by atoms with Crippen molar-refractivity contribution in [1.29, 1.82) is 0 Å². The number of hydrogen-bond acceptors (Lipinski definition) is 4. The zero-order chi connectivity index (χ0) is 20.7. The number of rotatable bonds is 4. The van der Waals surface area contributed by atoms with E-state index < -0.39 is 0 Å². The Morgan fingerprint density at radius 3 is 2.33 bits per heavy atom. The highest BCUT2D eigenvalue weighted by molar-refractivity contribution is 6.08. The lowest BCUT2D eigenvalue weighted by molar-refractivity contribution is -0.142. The predicted molar refractivity (Wildman–Crippen MR) is 112 cm³/mol. The molecule has 3 aromatic rings. The Morgan fingerprint density at radius 2 is 1.67 bits per heavy atom. The van der Waals surface area contributed by atoms with Crippen LogP contribution in [0.15, 0.2) is 48.5 Å². The third-order valence-corrected chi connectivity index (χ3v) is 6.07. The van der Waals surface area contributed by atoms with E-state index in [0.717, 1.165) is 53.0 Å². The largest absolute Gasteiger partial charge is 0.338 e. The van der Waals surface area contributed by atoms with Crippen molar-refractivity contribution < 1.29 is 14.4 Å². The Labute approximate surface area is 173 Å². The van der Waals surface area contributed by atoms with Gasteiger partial charge < -0.3 is 10.3 Å². The number of nitrogens with one attached hydrogen (secondary N) is 2. The van der Waals surface area contributed by atoms with Gasteiger partial charge in [-0.15, -0.1) is 0 Å². The summed E-state index contributed by atoms with van der Waals surface area (Å²) in [6.45, 7) is -0.226. The van der Waals surface area contributed by atoms with E-state index >= 15 is 0 Å². The molecule has 0 radical (unpaired) electrons. The van der Waals surface area contributed by atoms with Gasteiger partial charge in [0.25, 0.3) is 0 Å². The minimum Gasteiger partial charge on any atom is -0.338 e. The van der Waals surface area contributed by atoms with E-state index in [0.29, 0.717) is 5.69 Å². The maximum Gasteiger partial charge on any atom is 0.244 e. The molecule has 1 saturated carbocycles. The molecule has 1 aliphatic heterocycles. The Kier molecular flexibility index (Phi) is 4.58. The number of imide groups is 1. The van der Waals surface area contributed by atoms with E-state index in [1.807, 2.05) is 36.4 Å². The third kappa shape index (κ3) is 3.26. The molecule has 3 amide bonds. The van der Waals surface area contributed by atoms with Gasteiger partial charge in [0, 0.05) is 11.3 Å². The number of para-hydroxylation sites is 2. The predicted octanol–water partition coefficient (Wildman–Crippen LogP) is 3.34. The average molecular weight is 402 g/mol. The number of carbonyl (C=O) groups excluding carboxylic acids is 3. The summed E-state index contributed by atoms with van der Waals surface area (Å²) in [5, 5.41) is 2.78. The van der Waals surface area contributed by atoms with Crippen molar-refractivity contribution in [2.75, 3.05) is 11.9 Å². The van der Waals surface area contributed by atoms with Crippen molar-refractivity contribution in [3.05, 3.63) is 48.5 Å². The Hall–Kier alpha value is -3.48. The van der Waals surface area contributed by atoms with Crippen molar-refractivity contribution in [2.45, 2.75) is 25.7 Å². The summed E-state index contributed by atoms with van der Waals surface area (Å²) >= 11 is 0. The number of likely N-dealkylation sites (tertiary alicyclic amines) is 1. The number of aromatic nitrogens is 2. The number of imidazole rings is 1. The SMILES string of the molecule is O=C(CN1C(=O)C2CCCCC2C1=O)Nc1ccc(-c2nc3ccccc3[nH]2)cc1. The summed E-state index contributed by atoms with van der Waals surface area (Å²) in [5.74, 6) is -0.471. The van der Waals surface area contributed by atoms with Crippen LogP contribution in [0.3, 0.4) is 0 Å². The minimum absolute atomic E-state index is 0.194. The average Bonchev–Trinajstić information content (AvgIpc) is 3.30. The molecular formula is C23H22N4O3. The minimum atomic E-state index is -0.369. The molecule has 2 aromatic carbocycles. The molecular weight excluding hydrogens is 380 g/mol. The van der Waals surface area contributed by atoms with E-state index in [-0.39, 0.29) is 36.1 Å². The monoisotopic (exact) mass is 402 g/mol. The molecule has 2 atom stereocenters. The second-order valence-electron chi connectivity index (χ2n) is 7.99. The lowest BCUT2D eigenvalue weighted by atomic mass is 9.81. The smallest absolute Gasteiger partial charge is 0.244 e. The lowest BCUT2D eigenvalue weighted by Crippen LogP contribution is -2.38. The standard InChI is InChI=1S/C23H22N4O3/c28-20(13-27-22(29)16-5-1-2-6-17(16)23(27)30)24-15-11-9-14(10-12-15)21-25-18-7-3-4-8-19(18)26-21/h3-4,7-12,16-17H,1-2,5-6,13H2,(H,24,28)(H,25,26). The van der Waals surface area contributed by atoms with Gasteiger partial charge in [-0.3, -0.25) is 19.3 Å². The molecule has 2 N–H and O–H groups in total. The van der Waals surface area contributed by atoms with Crippen LogP contribution >= 0.6 is 0 Å². The van der Waals surface area contributed by atoms with Gasteiger partial charge in [0.1, 0.15) is 12.4 Å². The second-order valence-corrected chi connectivity index (χ2v) is 7.99. The van der Waals surface area contributed by atoms with Gasteiger partial charge in [-0.25, -0.2) is 4.98 Å². The first-order chi connectivity index (χ1) is 14.6. The van der Waals surface area contributed by atoms with Gasteiger partial charge in [0.15, 0.2) is 0 Å². The molecule has 7 heteroatoms. The summed E-state index contributed by atoms with van der Waals surface area (Å²) in [5.41, 5.74) is 3.37. The number of anilines is 1. The molecule has 5 rings (SSSR count). The highest BCUT2D eigenvalue weighted by atomic mass is 16.2.